The number of halogens is 3. The summed E-state index contributed by atoms with van der Waals surface area (Å²) in [7, 11) is 0. The summed E-state index contributed by atoms with van der Waals surface area (Å²) in [5.74, 6) is -0.576. The molecular weight excluding hydrogens is 331 g/mol. The predicted molar refractivity (Wildman–Crippen MR) is 88.9 cm³/mol. The molecule has 136 valence electrons. The number of hydrogen-bond acceptors (Lipinski definition) is 2. The van der Waals surface area contributed by atoms with Crippen molar-refractivity contribution in [1.29, 1.82) is 0 Å². The number of carbonyl (C=O) groups excluding carboxylic acids is 1. The third kappa shape index (κ3) is 3.80. The van der Waals surface area contributed by atoms with Crippen molar-refractivity contribution >= 4 is 16.9 Å². The maximum absolute atomic E-state index is 13.4. The van der Waals surface area contributed by atoms with E-state index in [0.29, 0.717) is 30.5 Å². The highest BCUT2D eigenvalue weighted by molar-refractivity contribution is 5.76. The third-order valence-corrected chi connectivity index (χ3v) is 4.78. The minimum atomic E-state index is -4.48. The van der Waals surface area contributed by atoms with Crippen molar-refractivity contribution in [2.75, 3.05) is 13.1 Å². The van der Waals surface area contributed by atoms with Gasteiger partial charge in [0.25, 0.3) is 0 Å². The number of imidazole rings is 1. The van der Waals surface area contributed by atoms with E-state index in [1.807, 2.05) is 11.8 Å². The van der Waals surface area contributed by atoms with Crippen molar-refractivity contribution in [3.05, 3.63) is 30.1 Å². The second kappa shape index (κ2) is 7.06. The van der Waals surface area contributed by atoms with Crippen molar-refractivity contribution in [2.45, 2.75) is 45.3 Å². The van der Waals surface area contributed by atoms with Gasteiger partial charge in [0, 0.05) is 26.1 Å². The van der Waals surface area contributed by atoms with Crippen LogP contribution in [0.1, 0.15) is 38.4 Å². The van der Waals surface area contributed by atoms with Gasteiger partial charge in [-0.15, -0.1) is 0 Å². The highest BCUT2D eigenvalue weighted by Crippen LogP contribution is 2.33. The zero-order valence-electron chi connectivity index (χ0n) is 14.2. The number of para-hydroxylation sites is 2. The van der Waals surface area contributed by atoms with E-state index in [9.17, 15) is 18.0 Å². The first-order chi connectivity index (χ1) is 11.9. The Kier molecular flexibility index (Phi) is 5.01. The van der Waals surface area contributed by atoms with Crippen LogP contribution in [0.5, 0.6) is 0 Å². The predicted octanol–water partition coefficient (Wildman–Crippen LogP) is 4.09. The molecule has 25 heavy (non-hydrogen) atoms. The van der Waals surface area contributed by atoms with E-state index < -0.39 is 12.0 Å². The quantitative estimate of drug-likeness (QED) is 0.830. The number of aromatic nitrogens is 2. The van der Waals surface area contributed by atoms with Gasteiger partial charge in [0.1, 0.15) is 0 Å². The minimum Gasteiger partial charge on any atom is -0.343 e. The van der Waals surface area contributed by atoms with E-state index in [2.05, 4.69) is 4.98 Å². The summed E-state index contributed by atoms with van der Waals surface area (Å²) in [6.07, 6.45) is -1.68. The van der Waals surface area contributed by atoms with Crippen LogP contribution < -0.4 is 0 Å². The summed E-state index contributed by atoms with van der Waals surface area (Å²) in [6, 6.07) is 6.70. The molecule has 0 radical (unpaired) electrons. The molecule has 0 bridgehead atoms. The van der Waals surface area contributed by atoms with Gasteiger partial charge in [-0.05, 0) is 37.3 Å². The number of alkyl halides is 3. The smallest absolute Gasteiger partial charge is 0.343 e. The molecule has 2 heterocycles. The van der Waals surface area contributed by atoms with E-state index >= 15 is 0 Å². The Morgan fingerprint density at radius 1 is 1.24 bits per heavy atom. The Morgan fingerprint density at radius 2 is 1.92 bits per heavy atom. The lowest BCUT2D eigenvalue weighted by Gasteiger charge is -2.32. The van der Waals surface area contributed by atoms with Gasteiger partial charge in [0.15, 0.2) is 0 Å². The van der Waals surface area contributed by atoms with Gasteiger partial charge in [0.2, 0.25) is 11.7 Å². The number of nitrogens with zero attached hydrogens (tertiary/aromatic N) is 3. The standard InChI is InChI=1S/C18H22F3N3O/c1-2-5-16(25)23-10-8-13(9-11-23)12-24-15-7-4-3-6-14(15)22-17(24)18(19,20)21/h3-4,6-7,13H,2,5,8-12H2,1H3. The van der Waals surface area contributed by atoms with Gasteiger partial charge in [-0.1, -0.05) is 19.1 Å². The second-order valence-corrected chi connectivity index (χ2v) is 6.61. The zero-order chi connectivity index (χ0) is 18.0. The summed E-state index contributed by atoms with van der Waals surface area (Å²) in [6.45, 7) is 3.49. The zero-order valence-corrected chi connectivity index (χ0v) is 14.2. The minimum absolute atomic E-state index is 0.115. The first kappa shape index (κ1) is 17.8. The average Bonchev–Trinajstić information content (AvgIpc) is 2.95. The third-order valence-electron chi connectivity index (χ3n) is 4.78. The van der Waals surface area contributed by atoms with Gasteiger partial charge < -0.3 is 9.47 Å². The molecule has 1 amide bonds. The van der Waals surface area contributed by atoms with E-state index in [4.69, 9.17) is 0 Å². The first-order valence-corrected chi connectivity index (χ1v) is 8.70. The molecular formula is C18H22F3N3O. The topological polar surface area (TPSA) is 38.1 Å². The van der Waals surface area contributed by atoms with Crippen LogP contribution in [-0.2, 0) is 17.5 Å². The molecule has 1 aromatic carbocycles. The molecule has 1 aromatic heterocycles. The van der Waals surface area contributed by atoms with Crippen LogP contribution in [0.2, 0.25) is 0 Å². The van der Waals surface area contributed by atoms with E-state index in [1.54, 1.807) is 24.3 Å². The Bertz CT molecular complexity index is 746. The Morgan fingerprint density at radius 3 is 2.56 bits per heavy atom. The Balaban J connectivity index is 1.77. The van der Waals surface area contributed by atoms with Gasteiger partial charge >= 0.3 is 6.18 Å². The summed E-state index contributed by atoms with van der Waals surface area (Å²) < 4.78 is 41.4. The molecule has 4 nitrogen and oxygen atoms in total. The lowest BCUT2D eigenvalue weighted by Crippen LogP contribution is -2.39. The van der Waals surface area contributed by atoms with Crippen LogP contribution in [0.3, 0.4) is 0 Å². The van der Waals surface area contributed by atoms with Crippen LogP contribution in [0.25, 0.3) is 11.0 Å². The fourth-order valence-corrected chi connectivity index (χ4v) is 3.47. The number of likely N-dealkylation sites (tertiary alicyclic amines) is 1. The fraction of sp³-hybridized carbons (Fsp3) is 0.556. The molecule has 0 unspecified atom stereocenters. The Hall–Kier alpha value is -2.05. The van der Waals surface area contributed by atoms with Crippen LogP contribution >= 0.6 is 0 Å². The van der Waals surface area contributed by atoms with Crippen molar-refractivity contribution < 1.29 is 18.0 Å². The maximum Gasteiger partial charge on any atom is 0.449 e. The molecule has 0 spiro atoms. The molecule has 0 N–H and O–H groups in total. The van der Waals surface area contributed by atoms with Crippen LogP contribution in [0.15, 0.2) is 24.3 Å². The molecule has 1 aliphatic heterocycles. The fourth-order valence-electron chi connectivity index (χ4n) is 3.47. The van der Waals surface area contributed by atoms with Crippen LogP contribution in [0.4, 0.5) is 13.2 Å². The van der Waals surface area contributed by atoms with E-state index in [1.165, 1.54) is 4.57 Å². The highest BCUT2D eigenvalue weighted by atomic mass is 19.4. The van der Waals surface area contributed by atoms with Crippen molar-refractivity contribution in [3.63, 3.8) is 0 Å². The number of rotatable bonds is 4. The number of carbonyl (C=O) groups is 1. The monoisotopic (exact) mass is 353 g/mol. The molecule has 3 rings (SSSR count). The van der Waals surface area contributed by atoms with E-state index in [-0.39, 0.29) is 18.4 Å². The molecule has 1 saturated heterocycles. The average molecular weight is 353 g/mol. The van der Waals surface area contributed by atoms with Crippen LogP contribution in [-0.4, -0.2) is 33.4 Å². The summed E-state index contributed by atoms with van der Waals surface area (Å²) >= 11 is 0. The molecule has 0 aliphatic carbocycles. The van der Waals surface area contributed by atoms with Crippen LogP contribution in [0, 0.1) is 5.92 Å². The maximum atomic E-state index is 13.4. The summed E-state index contributed by atoms with van der Waals surface area (Å²) in [5, 5.41) is 0. The molecule has 0 atom stereocenters. The highest BCUT2D eigenvalue weighted by Gasteiger charge is 2.38. The summed E-state index contributed by atoms with van der Waals surface area (Å²) in [4.78, 5) is 17.6. The van der Waals surface area contributed by atoms with Gasteiger partial charge in [-0.3, -0.25) is 4.79 Å². The SMILES string of the molecule is CCCC(=O)N1CCC(Cn2c(C(F)(F)F)nc3ccccc32)CC1. The normalized spacial score (nSPS) is 16.6. The van der Waals surface area contributed by atoms with Crippen molar-refractivity contribution in [2.24, 2.45) is 5.92 Å². The first-order valence-electron chi connectivity index (χ1n) is 8.70. The second-order valence-electron chi connectivity index (χ2n) is 6.61. The molecule has 2 aromatic rings. The van der Waals surface area contributed by atoms with Gasteiger partial charge in [-0.25, -0.2) is 4.98 Å². The summed E-state index contributed by atoms with van der Waals surface area (Å²) in [5.41, 5.74) is 0.879. The van der Waals surface area contributed by atoms with Crippen molar-refractivity contribution in [3.8, 4) is 0 Å². The molecule has 0 saturated carbocycles. The lowest BCUT2D eigenvalue weighted by molar-refractivity contribution is -0.147. The number of fused-ring (bicyclic) bond motifs is 1. The van der Waals surface area contributed by atoms with E-state index in [0.717, 1.165) is 19.3 Å². The largest absolute Gasteiger partial charge is 0.449 e. The number of hydrogen-bond donors (Lipinski definition) is 0. The number of piperidine rings is 1. The molecule has 1 aliphatic rings. The van der Waals surface area contributed by atoms with Gasteiger partial charge in [-0.2, -0.15) is 13.2 Å². The lowest BCUT2D eigenvalue weighted by atomic mass is 9.96. The van der Waals surface area contributed by atoms with Crippen molar-refractivity contribution in [1.82, 2.24) is 14.5 Å². The Labute approximate surface area is 144 Å². The molecule has 1 fully saturated rings. The number of amides is 1. The number of benzene rings is 1. The van der Waals surface area contributed by atoms with Gasteiger partial charge in [0.05, 0.1) is 11.0 Å². The molecule has 7 heteroatoms.